The fourth-order valence-electron chi connectivity index (χ4n) is 5.26. The highest BCUT2D eigenvalue weighted by molar-refractivity contribution is 6.01. The van der Waals surface area contributed by atoms with Crippen molar-refractivity contribution in [3.63, 3.8) is 0 Å². The van der Waals surface area contributed by atoms with Gasteiger partial charge in [0, 0.05) is 36.0 Å². The molecule has 0 radical (unpaired) electrons. The van der Waals surface area contributed by atoms with Crippen molar-refractivity contribution in [2.75, 3.05) is 5.32 Å². The normalized spacial score (nSPS) is 11.7. The van der Waals surface area contributed by atoms with E-state index in [9.17, 15) is 14.8 Å². The lowest BCUT2D eigenvalue weighted by molar-refractivity contribution is -0.606. The van der Waals surface area contributed by atoms with Crippen LogP contribution in [0, 0.1) is 19.1 Å². The van der Waals surface area contributed by atoms with Crippen LogP contribution in [0.15, 0.2) is 110 Å². The largest absolute Gasteiger partial charge is 0.619 e. The molecular formula is C33H31N5O3. The summed E-state index contributed by atoms with van der Waals surface area (Å²) in [5.74, 6) is -1.21. The summed E-state index contributed by atoms with van der Waals surface area (Å²) in [4.78, 5) is 27.4. The number of pyridine rings is 1. The molecule has 0 fully saturated rings. The zero-order valence-electron chi connectivity index (χ0n) is 23.1. The lowest BCUT2D eigenvalue weighted by Gasteiger charge is -2.28. The van der Waals surface area contributed by atoms with Gasteiger partial charge in [-0.15, -0.1) is 0 Å². The third-order valence-corrected chi connectivity index (χ3v) is 7.14. The summed E-state index contributed by atoms with van der Waals surface area (Å²) in [6.45, 7) is 3.80. The van der Waals surface area contributed by atoms with Crippen molar-refractivity contribution in [1.82, 2.24) is 15.1 Å². The Labute approximate surface area is 238 Å². The van der Waals surface area contributed by atoms with Gasteiger partial charge in [0.2, 0.25) is 5.91 Å². The van der Waals surface area contributed by atoms with Gasteiger partial charge in [0.15, 0.2) is 12.4 Å². The second kappa shape index (κ2) is 11.9. The molecule has 2 heterocycles. The number of carbonyl (C=O) groups is 2. The van der Waals surface area contributed by atoms with Crippen molar-refractivity contribution in [2.45, 2.75) is 25.8 Å². The zero-order valence-corrected chi connectivity index (χ0v) is 23.1. The number of rotatable bonds is 8. The standard InChI is InChI=1S/C33H31N5O3/c1-22-20-38(41)21-23(2)29(22)26-14-16-27(17-15-26)35-33(40)31(36-32(39)28-18-19-34-37(28)3)30(24-10-6-4-7-11-24)25-12-8-5-9-13-25/h4-21,30-31H,1-3H3,(H,35,40)(H,36,39). The number of aryl methyl sites for hydroxylation is 3. The fourth-order valence-corrected chi connectivity index (χ4v) is 5.26. The topological polar surface area (TPSA) is 103 Å². The molecule has 1 unspecified atom stereocenters. The van der Waals surface area contributed by atoms with Gasteiger partial charge in [-0.2, -0.15) is 9.83 Å². The predicted octanol–water partition coefficient (Wildman–Crippen LogP) is 4.91. The van der Waals surface area contributed by atoms with Crippen molar-refractivity contribution in [2.24, 2.45) is 7.05 Å². The molecule has 0 aliphatic heterocycles. The molecular weight excluding hydrogens is 514 g/mol. The summed E-state index contributed by atoms with van der Waals surface area (Å²) in [6, 6.07) is 27.5. The van der Waals surface area contributed by atoms with Gasteiger partial charge in [0.1, 0.15) is 11.7 Å². The van der Waals surface area contributed by atoms with Crippen LogP contribution in [-0.4, -0.2) is 27.6 Å². The Morgan fingerprint density at radius 3 is 1.90 bits per heavy atom. The molecule has 8 nitrogen and oxygen atoms in total. The van der Waals surface area contributed by atoms with E-state index in [-0.39, 0.29) is 5.91 Å². The average Bonchev–Trinajstić information content (AvgIpc) is 3.40. The van der Waals surface area contributed by atoms with Crippen molar-refractivity contribution in [1.29, 1.82) is 0 Å². The van der Waals surface area contributed by atoms with E-state index in [2.05, 4.69) is 15.7 Å². The second-order valence-electron chi connectivity index (χ2n) is 10.0. The number of anilines is 1. The molecule has 5 aromatic rings. The Bertz CT molecular complexity index is 1600. The summed E-state index contributed by atoms with van der Waals surface area (Å²) in [6.07, 6.45) is 4.63. The van der Waals surface area contributed by atoms with E-state index in [4.69, 9.17) is 0 Å². The predicted molar refractivity (Wildman–Crippen MR) is 158 cm³/mol. The van der Waals surface area contributed by atoms with Crippen LogP contribution in [0.3, 0.4) is 0 Å². The Hall–Kier alpha value is -5.24. The molecule has 5 rings (SSSR count). The molecule has 1 atom stereocenters. The molecule has 3 aromatic carbocycles. The quantitative estimate of drug-likeness (QED) is 0.214. The van der Waals surface area contributed by atoms with E-state index in [1.54, 1.807) is 31.7 Å². The van der Waals surface area contributed by atoms with Crippen molar-refractivity contribution in [3.8, 4) is 11.1 Å². The Kier molecular flexibility index (Phi) is 7.92. The molecule has 0 aliphatic carbocycles. The average molecular weight is 546 g/mol. The molecule has 0 bridgehead atoms. The number of aromatic nitrogens is 3. The third kappa shape index (κ3) is 6.01. The van der Waals surface area contributed by atoms with Crippen LogP contribution in [0.4, 0.5) is 5.69 Å². The summed E-state index contributed by atoms with van der Waals surface area (Å²) in [7, 11) is 1.68. The summed E-state index contributed by atoms with van der Waals surface area (Å²) >= 11 is 0. The minimum atomic E-state index is -0.937. The van der Waals surface area contributed by atoms with Crippen LogP contribution < -0.4 is 15.4 Å². The zero-order chi connectivity index (χ0) is 28.9. The number of benzene rings is 3. The highest BCUT2D eigenvalue weighted by Gasteiger charge is 2.33. The molecule has 2 amide bonds. The Morgan fingerprint density at radius 2 is 1.39 bits per heavy atom. The van der Waals surface area contributed by atoms with E-state index >= 15 is 0 Å². The van der Waals surface area contributed by atoms with Crippen LogP contribution in [0.1, 0.15) is 38.7 Å². The van der Waals surface area contributed by atoms with Crippen LogP contribution in [0.5, 0.6) is 0 Å². The monoisotopic (exact) mass is 545 g/mol. The summed E-state index contributed by atoms with van der Waals surface area (Å²) in [5, 5.41) is 21.9. The number of hydrogen-bond acceptors (Lipinski definition) is 4. The molecule has 41 heavy (non-hydrogen) atoms. The molecule has 8 heteroatoms. The van der Waals surface area contributed by atoms with Gasteiger partial charge in [-0.3, -0.25) is 14.3 Å². The molecule has 0 saturated heterocycles. The summed E-state index contributed by atoms with van der Waals surface area (Å²) in [5.41, 5.74) is 6.36. The number of amides is 2. The van der Waals surface area contributed by atoms with Gasteiger partial charge >= 0.3 is 0 Å². The van der Waals surface area contributed by atoms with Crippen LogP contribution in [0.2, 0.25) is 0 Å². The maximum Gasteiger partial charge on any atom is 0.270 e. The maximum absolute atomic E-state index is 14.0. The molecule has 0 aliphatic rings. The van der Waals surface area contributed by atoms with E-state index in [1.807, 2.05) is 98.8 Å². The first-order chi connectivity index (χ1) is 19.8. The highest BCUT2D eigenvalue weighted by Crippen LogP contribution is 2.30. The fraction of sp³-hybridized carbons (Fsp3) is 0.152. The van der Waals surface area contributed by atoms with Crippen molar-refractivity contribution < 1.29 is 14.3 Å². The lowest BCUT2D eigenvalue weighted by atomic mass is 9.84. The minimum absolute atomic E-state index is 0.347. The van der Waals surface area contributed by atoms with E-state index in [1.165, 1.54) is 4.68 Å². The lowest BCUT2D eigenvalue weighted by Crippen LogP contribution is -2.48. The first-order valence-electron chi connectivity index (χ1n) is 13.3. The minimum Gasteiger partial charge on any atom is -0.619 e. The van der Waals surface area contributed by atoms with Gasteiger partial charge in [-0.05, 0) is 54.3 Å². The van der Waals surface area contributed by atoms with Gasteiger partial charge in [0.25, 0.3) is 5.91 Å². The second-order valence-corrected chi connectivity index (χ2v) is 10.0. The SMILES string of the molecule is Cc1c[n+]([O-])cc(C)c1-c1ccc(NC(=O)C(NC(=O)c2ccnn2C)C(c2ccccc2)c2ccccc2)cc1. The van der Waals surface area contributed by atoms with Gasteiger partial charge in [-0.1, -0.05) is 72.8 Å². The molecule has 2 N–H and O–H groups in total. The highest BCUT2D eigenvalue weighted by atomic mass is 16.5. The first-order valence-corrected chi connectivity index (χ1v) is 13.3. The summed E-state index contributed by atoms with van der Waals surface area (Å²) < 4.78 is 2.28. The van der Waals surface area contributed by atoms with Crippen LogP contribution in [0.25, 0.3) is 11.1 Å². The number of hydrogen-bond donors (Lipinski definition) is 2. The van der Waals surface area contributed by atoms with Crippen molar-refractivity contribution in [3.05, 3.63) is 143 Å². The molecule has 0 saturated carbocycles. The van der Waals surface area contributed by atoms with E-state index in [0.717, 1.165) is 38.1 Å². The molecule has 0 spiro atoms. The Balaban J connectivity index is 1.49. The molecule has 2 aromatic heterocycles. The number of nitrogens with zero attached hydrogens (tertiary/aromatic N) is 3. The van der Waals surface area contributed by atoms with Gasteiger partial charge in [-0.25, -0.2) is 0 Å². The van der Waals surface area contributed by atoms with Crippen molar-refractivity contribution >= 4 is 17.5 Å². The van der Waals surface area contributed by atoms with Crippen LogP contribution >= 0.6 is 0 Å². The first kappa shape index (κ1) is 27.3. The van der Waals surface area contributed by atoms with E-state index in [0.29, 0.717) is 11.4 Å². The van der Waals surface area contributed by atoms with Crippen LogP contribution in [-0.2, 0) is 11.8 Å². The molecule has 206 valence electrons. The number of nitrogens with one attached hydrogen (secondary N) is 2. The smallest absolute Gasteiger partial charge is 0.270 e. The van der Waals surface area contributed by atoms with Gasteiger partial charge < -0.3 is 15.8 Å². The number of carbonyl (C=O) groups excluding carboxylic acids is 2. The maximum atomic E-state index is 14.0. The third-order valence-electron chi connectivity index (χ3n) is 7.14. The van der Waals surface area contributed by atoms with Gasteiger partial charge in [0.05, 0.1) is 0 Å². The van der Waals surface area contributed by atoms with E-state index < -0.39 is 17.9 Å². The Morgan fingerprint density at radius 1 is 0.829 bits per heavy atom.